The van der Waals surface area contributed by atoms with Gasteiger partial charge in [0.05, 0.1) is 5.60 Å². The summed E-state index contributed by atoms with van der Waals surface area (Å²) in [6.45, 7) is 0.872. The van der Waals surface area contributed by atoms with Crippen molar-refractivity contribution < 1.29 is 4.74 Å². The topological polar surface area (TPSA) is 35.2 Å². The molecule has 2 nitrogen and oxygen atoms in total. The Morgan fingerprint density at radius 1 is 1.35 bits per heavy atom. The lowest BCUT2D eigenvalue weighted by Crippen LogP contribution is -2.45. The van der Waals surface area contributed by atoms with Crippen molar-refractivity contribution in [2.75, 3.05) is 18.1 Å². The summed E-state index contributed by atoms with van der Waals surface area (Å²) >= 11 is 5.59. The van der Waals surface area contributed by atoms with Crippen LogP contribution in [-0.4, -0.2) is 23.7 Å². The van der Waals surface area contributed by atoms with Gasteiger partial charge < -0.3 is 10.5 Å². The Hall–Kier alpha value is -0.0300. The van der Waals surface area contributed by atoms with E-state index >= 15 is 0 Å². The Labute approximate surface area is 134 Å². The van der Waals surface area contributed by atoms with E-state index in [1.165, 1.54) is 29.9 Å². The second-order valence-corrected chi connectivity index (χ2v) is 8.12. The van der Waals surface area contributed by atoms with Gasteiger partial charge in [-0.05, 0) is 60.8 Å². The fourth-order valence-electron chi connectivity index (χ4n) is 3.45. The first kappa shape index (κ1) is 14.9. The van der Waals surface area contributed by atoms with Crippen LogP contribution >= 0.6 is 27.7 Å². The molecule has 2 atom stereocenters. The van der Waals surface area contributed by atoms with E-state index in [1.807, 2.05) is 0 Å². The van der Waals surface area contributed by atoms with E-state index in [9.17, 15) is 0 Å². The smallest absolute Gasteiger partial charge is 0.0701 e. The fourth-order valence-corrected chi connectivity index (χ4v) is 5.10. The summed E-state index contributed by atoms with van der Waals surface area (Å²) in [6.07, 6.45) is 4.60. The van der Waals surface area contributed by atoms with E-state index in [2.05, 4.69) is 52.0 Å². The van der Waals surface area contributed by atoms with Crippen molar-refractivity contribution >= 4 is 27.7 Å². The van der Waals surface area contributed by atoms with Crippen LogP contribution in [0.15, 0.2) is 28.7 Å². The molecule has 0 saturated carbocycles. The van der Waals surface area contributed by atoms with Gasteiger partial charge in [-0.3, -0.25) is 0 Å². The summed E-state index contributed by atoms with van der Waals surface area (Å²) in [5, 5.41) is 0. The quantitative estimate of drug-likeness (QED) is 0.865. The summed E-state index contributed by atoms with van der Waals surface area (Å²) in [4.78, 5) is 0. The predicted molar refractivity (Wildman–Crippen MR) is 89.0 cm³/mol. The number of hydrogen-bond acceptors (Lipinski definition) is 3. The fraction of sp³-hybridized carbons (Fsp3) is 0.625. The molecular formula is C16H22BrNOS. The third kappa shape index (κ3) is 3.24. The van der Waals surface area contributed by atoms with Crippen LogP contribution in [0.2, 0.25) is 0 Å². The van der Waals surface area contributed by atoms with Crippen LogP contribution in [0.25, 0.3) is 0 Å². The Balaban J connectivity index is 1.73. The number of halogens is 1. The molecule has 110 valence electrons. The Morgan fingerprint density at radius 3 is 2.90 bits per heavy atom. The molecule has 0 amide bonds. The summed E-state index contributed by atoms with van der Waals surface area (Å²) < 4.78 is 7.28. The minimum Gasteiger partial charge on any atom is -0.375 e. The van der Waals surface area contributed by atoms with Crippen molar-refractivity contribution in [3.63, 3.8) is 0 Å². The lowest BCUT2D eigenvalue weighted by atomic mass is 9.77. The van der Waals surface area contributed by atoms with Crippen molar-refractivity contribution in [1.82, 2.24) is 0 Å². The third-order valence-corrected chi connectivity index (χ3v) is 6.16. The highest BCUT2D eigenvalue weighted by Crippen LogP contribution is 2.43. The van der Waals surface area contributed by atoms with Crippen LogP contribution in [0.3, 0.4) is 0 Å². The van der Waals surface area contributed by atoms with Gasteiger partial charge in [-0.25, -0.2) is 0 Å². The van der Waals surface area contributed by atoms with Crippen LogP contribution in [-0.2, 0) is 4.74 Å². The molecule has 2 aliphatic rings. The lowest BCUT2D eigenvalue weighted by molar-refractivity contribution is -0.105. The van der Waals surface area contributed by atoms with Crippen LogP contribution < -0.4 is 5.73 Å². The maximum absolute atomic E-state index is 6.55. The summed E-state index contributed by atoms with van der Waals surface area (Å²) in [5.41, 5.74) is 7.91. The van der Waals surface area contributed by atoms with Crippen LogP contribution in [0.1, 0.15) is 37.3 Å². The number of rotatable bonds is 2. The van der Waals surface area contributed by atoms with Crippen molar-refractivity contribution in [2.45, 2.75) is 37.3 Å². The van der Waals surface area contributed by atoms with Crippen molar-refractivity contribution in [3.05, 3.63) is 34.3 Å². The SMILES string of the molecule is NC(c1cccc(Br)c1)C1CCOC2(CCSCC2)C1. The largest absolute Gasteiger partial charge is 0.375 e. The predicted octanol–water partition coefficient (Wildman–Crippen LogP) is 4.14. The molecular weight excluding hydrogens is 334 g/mol. The second kappa shape index (κ2) is 6.39. The lowest BCUT2D eigenvalue weighted by Gasteiger charge is -2.44. The van der Waals surface area contributed by atoms with Gasteiger partial charge in [0.1, 0.15) is 0 Å². The highest BCUT2D eigenvalue weighted by atomic mass is 79.9. The molecule has 0 radical (unpaired) electrons. The van der Waals surface area contributed by atoms with E-state index in [-0.39, 0.29) is 11.6 Å². The highest BCUT2D eigenvalue weighted by Gasteiger charge is 2.40. The van der Waals surface area contributed by atoms with Gasteiger partial charge in [-0.2, -0.15) is 11.8 Å². The van der Waals surface area contributed by atoms with Gasteiger partial charge in [-0.1, -0.05) is 28.1 Å². The zero-order valence-corrected chi connectivity index (χ0v) is 14.1. The molecule has 2 aliphatic heterocycles. The van der Waals surface area contributed by atoms with Crippen molar-refractivity contribution in [2.24, 2.45) is 11.7 Å². The average Bonchev–Trinajstić information content (AvgIpc) is 2.47. The highest BCUT2D eigenvalue weighted by molar-refractivity contribution is 9.10. The molecule has 3 rings (SSSR count). The zero-order chi connectivity index (χ0) is 14.0. The maximum atomic E-state index is 6.55. The van der Waals surface area contributed by atoms with Gasteiger partial charge in [0.2, 0.25) is 0 Å². The second-order valence-electron chi connectivity index (χ2n) is 5.98. The van der Waals surface area contributed by atoms with Crippen LogP contribution in [0, 0.1) is 5.92 Å². The van der Waals surface area contributed by atoms with E-state index in [0.29, 0.717) is 5.92 Å². The van der Waals surface area contributed by atoms with Gasteiger partial charge in [0.25, 0.3) is 0 Å². The van der Waals surface area contributed by atoms with Crippen LogP contribution in [0.5, 0.6) is 0 Å². The first-order valence-corrected chi connectivity index (χ1v) is 9.36. The summed E-state index contributed by atoms with van der Waals surface area (Å²) in [5.74, 6) is 3.01. The monoisotopic (exact) mass is 355 g/mol. The van der Waals surface area contributed by atoms with Crippen molar-refractivity contribution in [3.8, 4) is 0 Å². The molecule has 2 heterocycles. The minimum atomic E-state index is 0.123. The molecule has 0 aromatic heterocycles. The number of thioether (sulfide) groups is 1. The molecule has 1 aromatic rings. The molecule has 0 aliphatic carbocycles. The molecule has 0 bridgehead atoms. The minimum absolute atomic E-state index is 0.123. The Bertz CT molecular complexity index is 456. The summed E-state index contributed by atoms with van der Waals surface area (Å²) in [7, 11) is 0. The number of ether oxygens (including phenoxy) is 1. The standard InChI is InChI=1S/C16H22BrNOS/c17-14-3-1-2-12(10-14)15(18)13-4-7-19-16(11-13)5-8-20-9-6-16/h1-3,10,13,15H,4-9,11,18H2. The van der Waals surface area contributed by atoms with E-state index in [0.717, 1.165) is 23.9 Å². The molecule has 2 unspecified atom stereocenters. The molecule has 2 N–H and O–H groups in total. The Kier molecular flexibility index (Phi) is 4.75. The maximum Gasteiger partial charge on any atom is 0.0701 e. The normalized spacial score (nSPS) is 27.4. The van der Waals surface area contributed by atoms with E-state index in [1.54, 1.807) is 0 Å². The molecule has 20 heavy (non-hydrogen) atoms. The number of hydrogen-bond donors (Lipinski definition) is 1. The number of nitrogens with two attached hydrogens (primary N) is 1. The van der Waals surface area contributed by atoms with Gasteiger partial charge in [0, 0.05) is 17.1 Å². The first-order valence-electron chi connectivity index (χ1n) is 7.41. The first-order chi connectivity index (χ1) is 9.69. The van der Waals surface area contributed by atoms with E-state index in [4.69, 9.17) is 10.5 Å². The van der Waals surface area contributed by atoms with Crippen molar-refractivity contribution in [1.29, 1.82) is 0 Å². The molecule has 2 saturated heterocycles. The average molecular weight is 356 g/mol. The molecule has 1 aromatic carbocycles. The van der Waals surface area contributed by atoms with E-state index < -0.39 is 0 Å². The Morgan fingerprint density at radius 2 is 2.15 bits per heavy atom. The van der Waals surface area contributed by atoms with Gasteiger partial charge in [-0.15, -0.1) is 0 Å². The zero-order valence-electron chi connectivity index (χ0n) is 11.7. The summed E-state index contributed by atoms with van der Waals surface area (Å²) in [6, 6.07) is 8.56. The molecule has 4 heteroatoms. The van der Waals surface area contributed by atoms with Crippen LogP contribution in [0.4, 0.5) is 0 Å². The third-order valence-electron chi connectivity index (χ3n) is 4.68. The van der Waals surface area contributed by atoms with Gasteiger partial charge >= 0.3 is 0 Å². The number of benzene rings is 1. The molecule has 2 fully saturated rings. The molecule has 1 spiro atoms. The van der Waals surface area contributed by atoms with Gasteiger partial charge in [0.15, 0.2) is 0 Å².